The van der Waals surface area contributed by atoms with Crippen molar-refractivity contribution in [3.8, 4) is 0 Å². The zero-order valence-corrected chi connectivity index (χ0v) is 77.6. The first-order valence-corrected chi connectivity index (χ1v) is 45.7. The molecule has 0 aromatic heterocycles. The Morgan fingerprint density at radius 3 is 1.04 bits per heavy atom. The SMILES string of the molecule is CO[C@]12C[C@@H](O)C[C@@H](O)[C@H](O)CC[C@@H](O)C[C@@H](O)CC(=O)O[C@@H](C)[C@H](C)[C@H](O)[C@@H](C)/C=C/C=C/C=C/C=C/C=C/C=C/C=C/[C@H](O[C@@H]3O[C@H](C)[C@@H](O)[C@H](N=[N+]=[N-])C3O)CC(O1)[C@H](C(=O)O)[C@@H](O)C2.C[C@@H]1[C@H](O)[C@@H](C)/C=C/C=C/C=C/C=C/C=C/C=C/C=C/[C@H](O[C@@H]2O[C@H](C)[C@@H](O)[C@H](N=[N+]=[N-])C2O)CC2O[C@](O)(C[C@@H](O)C[C@@H](O)[C@H](O)CC[C@@H](O)C[C@@H](O)CC(=O)O[C@H]1C)C[C@H](O)[C@H]2C(=O)O. The van der Waals surface area contributed by atoms with Gasteiger partial charge in [0.05, 0.1) is 159 Å². The molecule has 38 atom stereocenters. The van der Waals surface area contributed by atoms with Gasteiger partial charge in [-0.15, -0.1) is 0 Å². The minimum Gasteiger partial charge on any atom is -0.481 e. The van der Waals surface area contributed by atoms with Crippen LogP contribution < -0.4 is 0 Å². The molecule has 40 heteroatoms. The van der Waals surface area contributed by atoms with Crippen LogP contribution in [0.1, 0.15) is 158 Å². The van der Waals surface area contributed by atoms with Gasteiger partial charge in [-0.1, -0.05) is 208 Å². The molecule has 0 aliphatic carbocycles. The van der Waals surface area contributed by atoms with E-state index in [2.05, 4.69) is 20.1 Å². The van der Waals surface area contributed by atoms with Crippen LogP contribution in [0.3, 0.4) is 0 Å². The van der Waals surface area contributed by atoms with Crippen molar-refractivity contribution in [3.05, 3.63) is 191 Å². The van der Waals surface area contributed by atoms with Crippen molar-refractivity contribution in [1.82, 2.24) is 0 Å². The van der Waals surface area contributed by atoms with Crippen molar-refractivity contribution in [1.29, 1.82) is 0 Å². The van der Waals surface area contributed by atoms with Gasteiger partial charge < -0.3 is 150 Å². The highest BCUT2D eigenvalue weighted by Gasteiger charge is 2.54. The number of hydrogen-bond acceptors (Lipinski definition) is 34. The number of cyclic esters (lactones) is 2. The molecule has 6 rings (SSSR count). The fourth-order valence-electron chi connectivity index (χ4n) is 16.4. The number of carbonyl (C=O) groups excluding carboxylic acids is 2. The van der Waals surface area contributed by atoms with Gasteiger partial charge in [0.1, 0.15) is 36.3 Å². The van der Waals surface area contributed by atoms with E-state index in [1.807, 2.05) is 26.0 Å². The van der Waals surface area contributed by atoms with Gasteiger partial charge in [-0.3, -0.25) is 19.2 Å². The Kier molecular flexibility index (Phi) is 52.1. The van der Waals surface area contributed by atoms with Gasteiger partial charge >= 0.3 is 23.9 Å². The molecule has 4 saturated heterocycles. The van der Waals surface area contributed by atoms with Crippen molar-refractivity contribution in [2.75, 3.05) is 7.11 Å². The number of hydrogen-bond donors (Lipinski definition) is 21. The summed E-state index contributed by atoms with van der Waals surface area (Å²) in [5.41, 5.74) is 18.2. The van der Waals surface area contributed by atoms with E-state index < -0.39 is 294 Å². The van der Waals surface area contributed by atoms with E-state index in [0.29, 0.717) is 0 Å². The Hall–Kier alpha value is -8.18. The van der Waals surface area contributed by atoms with E-state index in [0.717, 1.165) is 0 Å². The second-order valence-corrected chi connectivity index (χ2v) is 35.5. The Morgan fingerprint density at radius 1 is 0.370 bits per heavy atom. The number of methoxy groups -OCH3 is 1. The number of allylic oxidation sites excluding steroid dienone is 24. The van der Waals surface area contributed by atoms with Crippen molar-refractivity contribution in [2.24, 2.45) is 45.7 Å². The number of fused-ring (bicyclic) bond motifs is 4. The summed E-state index contributed by atoms with van der Waals surface area (Å²) in [4.78, 5) is 55.8. The number of aliphatic hydroxyl groups is 19. The summed E-state index contributed by atoms with van der Waals surface area (Å²) in [6, 6.07) is -2.73. The topological polar surface area (TPSA) is 674 Å². The first-order valence-electron chi connectivity index (χ1n) is 45.7. The Morgan fingerprint density at radius 2 is 0.696 bits per heavy atom. The lowest BCUT2D eigenvalue weighted by molar-refractivity contribution is -0.317. The second-order valence-electron chi connectivity index (χ2n) is 35.5. The van der Waals surface area contributed by atoms with Crippen LogP contribution >= 0.6 is 0 Å². The van der Waals surface area contributed by atoms with Gasteiger partial charge in [0.15, 0.2) is 24.2 Å². The average Bonchev–Trinajstić information content (AvgIpc) is 0.778. The highest BCUT2D eigenvalue weighted by molar-refractivity contribution is 5.72. The third-order valence-corrected chi connectivity index (χ3v) is 24.6. The largest absolute Gasteiger partial charge is 0.481 e. The lowest BCUT2D eigenvalue weighted by Crippen LogP contribution is -2.58. The van der Waals surface area contributed by atoms with Crippen LogP contribution in [0, 0.1) is 35.5 Å². The molecule has 4 fully saturated rings. The number of azide groups is 2. The smallest absolute Gasteiger partial charge is 0.311 e. The average molecular weight is 1910 g/mol. The van der Waals surface area contributed by atoms with E-state index in [-0.39, 0.29) is 63.2 Å². The maximum absolute atomic E-state index is 12.7. The molecule has 0 saturated carbocycles. The van der Waals surface area contributed by atoms with Gasteiger partial charge in [-0.2, -0.15) is 0 Å². The van der Waals surface area contributed by atoms with Crippen LogP contribution in [0.5, 0.6) is 0 Å². The fraction of sp³-hybridized carbons (Fsp3) is 0.663. The molecule has 0 aromatic carbocycles. The summed E-state index contributed by atoms with van der Waals surface area (Å²) in [6.45, 7) is 13.4. The minimum absolute atomic E-state index is 0.0949. The van der Waals surface area contributed by atoms with Gasteiger partial charge in [0, 0.05) is 92.0 Å². The van der Waals surface area contributed by atoms with E-state index >= 15 is 0 Å². The molecular weight excluding hydrogens is 1770 g/mol. The van der Waals surface area contributed by atoms with Gasteiger partial charge in [0.2, 0.25) is 0 Å². The predicted molar refractivity (Wildman–Crippen MR) is 489 cm³/mol. The number of carboxylic acids is 2. The number of aliphatic carboxylic acids is 2. The molecule has 6 heterocycles. The number of ether oxygens (including phenoxy) is 9. The highest BCUT2D eigenvalue weighted by atomic mass is 16.7. The third kappa shape index (κ3) is 40.3. The maximum atomic E-state index is 12.7. The van der Waals surface area contributed by atoms with Gasteiger partial charge in [0.25, 0.3) is 0 Å². The molecule has 758 valence electrons. The van der Waals surface area contributed by atoms with Gasteiger partial charge in [-0.25, -0.2) is 0 Å². The molecule has 6 aliphatic heterocycles. The molecule has 6 aliphatic rings. The molecule has 0 aromatic rings. The zero-order valence-electron chi connectivity index (χ0n) is 77.6. The number of esters is 2. The molecule has 21 N–H and O–H groups in total. The normalized spacial score (nSPS) is 44.1. The predicted octanol–water partition coefficient (Wildman–Crippen LogP) is 4.78. The van der Waals surface area contributed by atoms with Crippen LogP contribution in [0.2, 0.25) is 0 Å². The lowest BCUT2D eigenvalue weighted by Gasteiger charge is -2.47. The first kappa shape index (κ1) is 117. The lowest BCUT2D eigenvalue weighted by atomic mass is 9.82. The van der Waals surface area contributed by atoms with Crippen molar-refractivity contribution < 1.29 is 169 Å². The van der Waals surface area contributed by atoms with Crippen molar-refractivity contribution >= 4 is 23.9 Å². The van der Waals surface area contributed by atoms with E-state index in [1.54, 1.807) is 174 Å². The van der Waals surface area contributed by atoms with Crippen molar-refractivity contribution in [3.63, 3.8) is 0 Å². The summed E-state index contributed by atoms with van der Waals surface area (Å²) < 4.78 is 52.5. The van der Waals surface area contributed by atoms with Gasteiger partial charge in [-0.05, 0) is 77.3 Å². The quantitative estimate of drug-likeness (QED) is 0.0639. The van der Waals surface area contributed by atoms with Crippen molar-refractivity contribution in [2.45, 2.75) is 353 Å². The fourth-order valence-corrected chi connectivity index (χ4v) is 16.4. The summed E-state index contributed by atoms with van der Waals surface area (Å²) in [5, 5.41) is 234. The molecule has 40 nitrogen and oxygen atoms in total. The van der Waals surface area contributed by atoms with E-state index in [4.69, 9.17) is 53.7 Å². The summed E-state index contributed by atoms with van der Waals surface area (Å²) in [6.07, 6.45) is 5.89. The molecule has 0 radical (unpaired) electrons. The highest BCUT2D eigenvalue weighted by Crippen LogP contribution is 2.42. The number of carbonyl (C=O) groups is 4. The minimum atomic E-state index is -2.36. The molecular formula is C95H144N6O34. The second kappa shape index (κ2) is 60.0. The number of carboxylic acid groups (broad SMARTS) is 2. The number of rotatable bonds is 9. The van der Waals surface area contributed by atoms with E-state index in [1.165, 1.54) is 33.1 Å². The molecule has 135 heavy (non-hydrogen) atoms. The van der Waals surface area contributed by atoms with Crippen LogP contribution in [0.25, 0.3) is 20.9 Å². The zero-order chi connectivity index (χ0) is 100. The molecule has 4 unspecified atom stereocenters. The van der Waals surface area contributed by atoms with Crippen LogP contribution in [-0.2, 0) is 61.8 Å². The summed E-state index contributed by atoms with van der Waals surface area (Å²) >= 11 is 0. The maximum Gasteiger partial charge on any atom is 0.311 e. The van der Waals surface area contributed by atoms with Crippen LogP contribution in [0.4, 0.5) is 0 Å². The van der Waals surface area contributed by atoms with E-state index in [9.17, 15) is 126 Å². The first-order chi connectivity index (χ1) is 63.9. The van der Waals surface area contributed by atoms with Crippen LogP contribution in [-0.4, -0.2) is 333 Å². The Bertz CT molecular complexity index is 4130. The summed E-state index contributed by atoms with van der Waals surface area (Å²) in [7, 11) is 1.23. The molecule has 4 bridgehead atoms. The van der Waals surface area contributed by atoms with Crippen LogP contribution in [0.15, 0.2) is 180 Å². The molecule has 0 amide bonds. The number of nitrogens with zero attached hydrogens (tertiary/aromatic N) is 6. The Balaban J connectivity index is 0.000000477. The monoisotopic (exact) mass is 1910 g/mol. The standard InChI is InChI=1S/C48H73N3O17.C47H71N3O17/c1-28-18-16-14-12-10-8-6-7-9-11-13-15-17-19-35(67-47-45(61)42(50-51-49)44(60)31(4)66-47)25-39-41(46(62)63)38(57)27-48(64-5,68-39)26-34(54)23-37(56)36(55)21-20-32(52)22-33(53)24-40(58)65-30(3)29(2)43(28)59;1-27-17-15-13-11-9-7-5-6-8-10-12-14-16-18-34(66-46-44(60)41(49-50-48)43(59)30(4)65-46)24-38-40(45(61)62)37(56)26-47(63,67-38)25-33(53)22-36(55)35(54)20-19-31(51)21-32(52)23-39(57)64-29(3)28(2)42(27)58/h6-19,28-39,41-45,47,52-57,59-61H,20-27H2,1-5H3,(H,62,63);5-18,27-38,40-44,46,51-56,58-60,63H,19-26H2,1-4H3,(H,61,62)/b7-6+,10-8+,11-9+,14-12+,15-13+,18-16+,19-17+;6-5+,9-7+,10-8+,13-11+,14-12+,17-15+,18-16+/t28-,29-,30-,31+,32+,33+,34-,35-,36+,37+,38-,39?,41+,42-,43+,44+,45?,47-,48+;27-,28-,29-,30+,31+,32+,33-,34-,35+,36+,37-,38?,40+,41-,42+,43+,44?,46-,47+/m00/s1. The summed E-state index contributed by atoms with van der Waals surface area (Å²) in [5.74, 6) is -13.2. The molecule has 0 spiro atoms. The third-order valence-electron chi connectivity index (χ3n) is 24.6. The number of aliphatic hydroxyl groups excluding tert-OH is 18. The Labute approximate surface area is 786 Å².